The summed E-state index contributed by atoms with van der Waals surface area (Å²) in [5.74, 6) is -1.58. The van der Waals surface area contributed by atoms with E-state index in [9.17, 15) is 14.4 Å². The summed E-state index contributed by atoms with van der Waals surface area (Å²) in [7, 11) is 0. The number of nitrogens with one attached hydrogen (secondary N) is 2. The summed E-state index contributed by atoms with van der Waals surface area (Å²) >= 11 is 0. The van der Waals surface area contributed by atoms with E-state index < -0.39 is 17.9 Å². The minimum absolute atomic E-state index is 0.139. The summed E-state index contributed by atoms with van der Waals surface area (Å²) in [6.07, 6.45) is 0. The topological polar surface area (TPSA) is 95.5 Å². The fourth-order valence-electron chi connectivity index (χ4n) is 1.43. The third-order valence-corrected chi connectivity index (χ3v) is 2.52. The van der Waals surface area contributed by atoms with Crippen LogP contribution < -0.4 is 10.6 Å². The number of benzene rings is 1. The molecular weight excluding hydrogens is 248 g/mol. The van der Waals surface area contributed by atoms with Crippen LogP contribution in [0.15, 0.2) is 24.3 Å². The van der Waals surface area contributed by atoms with Gasteiger partial charge in [-0.2, -0.15) is 0 Å². The van der Waals surface area contributed by atoms with Crippen molar-refractivity contribution in [3.8, 4) is 0 Å². The molecular formula is C13H16N2O4. The van der Waals surface area contributed by atoms with Crippen molar-refractivity contribution in [3.63, 3.8) is 0 Å². The highest BCUT2D eigenvalue weighted by Crippen LogP contribution is 2.15. The number of carboxylic acid groups (broad SMARTS) is 1. The van der Waals surface area contributed by atoms with Crippen LogP contribution in [0.25, 0.3) is 0 Å². The zero-order chi connectivity index (χ0) is 14.4. The first-order valence-electron chi connectivity index (χ1n) is 5.78. The Hall–Kier alpha value is -2.21. The molecule has 0 aliphatic heterocycles. The Morgan fingerprint density at radius 3 is 2.47 bits per heavy atom. The predicted molar refractivity (Wildman–Crippen MR) is 70.2 cm³/mol. The van der Waals surface area contributed by atoms with Gasteiger partial charge in [-0.15, -0.1) is 0 Å². The number of amides is 1. The van der Waals surface area contributed by atoms with Crippen LogP contribution in [0.2, 0.25) is 0 Å². The van der Waals surface area contributed by atoms with Gasteiger partial charge in [0.15, 0.2) is 5.78 Å². The molecule has 0 spiro atoms. The molecule has 102 valence electrons. The highest BCUT2D eigenvalue weighted by molar-refractivity contribution is 6.04. The summed E-state index contributed by atoms with van der Waals surface area (Å²) in [4.78, 5) is 33.6. The van der Waals surface area contributed by atoms with Gasteiger partial charge >= 0.3 is 5.97 Å². The van der Waals surface area contributed by atoms with Crippen LogP contribution in [0.5, 0.6) is 0 Å². The van der Waals surface area contributed by atoms with Crippen LogP contribution >= 0.6 is 0 Å². The van der Waals surface area contributed by atoms with Crippen molar-refractivity contribution in [2.24, 2.45) is 0 Å². The number of para-hydroxylation sites is 1. The van der Waals surface area contributed by atoms with Crippen LogP contribution in [0.4, 0.5) is 5.69 Å². The van der Waals surface area contributed by atoms with E-state index in [0.29, 0.717) is 11.3 Å². The minimum atomic E-state index is -1.03. The molecule has 0 aromatic heterocycles. The highest BCUT2D eigenvalue weighted by Gasteiger charge is 2.13. The Bertz CT molecular complexity index is 499. The number of carboxylic acids is 1. The van der Waals surface area contributed by atoms with Crippen molar-refractivity contribution in [2.75, 3.05) is 11.9 Å². The van der Waals surface area contributed by atoms with Gasteiger partial charge in [0.25, 0.3) is 0 Å². The van der Waals surface area contributed by atoms with Gasteiger partial charge < -0.3 is 10.4 Å². The first-order chi connectivity index (χ1) is 8.91. The van der Waals surface area contributed by atoms with Crippen LogP contribution in [0, 0.1) is 0 Å². The van der Waals surface area contributed by atoms with E-state index in [1.165, 1.54) is 13.8 Å². The molecule has 0 radical (unpaired) electrons. The molecule has 0 unspecified atom stereocenters. The molecule has 0 saturated heterocycles. The first kappa shape index (κ1) is 14.8. The number of Topliss-reactive ketones (excluding diaryl/α,β-unsaturated/α-hetero) is 1. The Balaban J connectivity index is 2.63. The van der Waals surface area contributed by atoms with E-state index in [0.717, 1.165) is 0 Å². The molecule has 3 N–H and O–H groups in total. The molecule has 0 saturated carbocycles. The molecule has 1 aromatic rings. The van der Waals surface area contributed by atoms with Crippen LogP contribution in [0.1, 0.15) is 24.2 Å². The molecule has 1 atom stereocenters. The van der Waals surface area contributed by atoms with Gasteiger partial charge in [0.1, 0.15) is 6.04 Å². The lowest BCUT2D eigenvalue weighted by Gasteiger charge is -2.11. The van der Waals surface area contributed by atoms with Gasteiger partial charge in [0.2, 0.25) is 5.91 Å². The zero-order valence-electron chi connectivity index (χ0n) is 10.8. The minimum Gasteiger partial charge on any atom is -0.480 e. The number of hydrogen-bond donors (Lipinski definition) is 3. The van der Waals surface area contributed by atoms with Gasteiger partial charge in [-0.1, -0.05) is 12.1 Å². The third kappa shape index (κ3) is 4.51. The zero-order valence-corrected chi connectivity index (χ0v) is 10.8. The number of rotatable bonds is 6. The third-order valence-electron chi connectivity index (χ3n) is 2.52. The van der Waals surface area contributed by atoms with Gasteiger partial charge in [-0.25, -0.2) is 0 Å². The standard InChI is InChI=1S/C13H16N2O4/c1-8(13(18)19)14-7-12(17)15-11-6-4-3-5-10(11)9(2)16/h3-6,8,14H,7H2,1-2H3,(H,15,17)(H,18,19)/t8-/m0/s1. The molecule has 0 heterocycles. The Morgan fingerprint density at radius 1 is 1.26 bits per heavy atom. The van der Waals surface area contributed by atoms with E-state index in [1.54, 1.807) is 24.3 Å². The number of anilines is 1. The predicted octanol–water partition coefficient (Wildman–Crippen LogP) is 0.890. The monoisotopic (exact) mass is 264 g/mol. The van der Waals surface area contributed by atoms with E-state index in [2.05, 4.69) is 10.6 Å². The maximum Gasteiger partial charge on any atom is 0.320 e. The molecule has 6 nitrogen and oxygen atoms in total. The summed E-state index contributed by atoms with van der Waals surface area (Å²) in [5, 5.41) is 13.8. The fraction of sp³-hybridized carbons (Fsp3) is 0.308. The number of carbonyl (C=O) groups excluding carboxylic acids is 2. The van der Waals surface area contributed by atoms with E-state index in [-0.39, 0.29) is 12.3 Å². The SMILES string of the molecule is CC(=O)c1ccccc1NC(=O)CN[C@@H](C)C(=O)O. The lowest BCUT2D eigenvalue weighted by atomic mass is 10.1. The van der Waals surface area contributed by atoms with Crippen molar-refractivity contribution >= 4 is 23.3 Å². The maximum absolute atomic E-state index is 11.6. The summed E-state index contributed by atoms with van der Waals surface area (Å²) in [6.45, 7) is 2.72. The largest absolute Gasteiger partial charge is 0.480 e. The number of hydrogen-bond acceptors (Lipinski definition) is 4. The smallest absolute Gasteiger partial charge is 0.320 e. The average molecular weight is 264 g/mol. The van der Waals surface area contributed by atoms with Gasteiger partial charge in [-0.05, 0) is 26.0 Å². The molecule has 0 aliphatic carbocycles. The molecule has 1 aromatic carbocycles. The Kier molecular flexibility index (Phi) is 5.20. The van der Waals surface area contributed by atoms with Crippen molar-refractivity contribution in [3.05, 3.63) is 29.8 Å². The number of aliphatic carboxylic acids is 1. The van der Waals surface area contributed by atoms with Gasteiger partial charge in [0, 0.05) is 5.56 Å². The molecule has 0 fully saturated rings. The maximum atomic E-state index is 11.6. The van der Waals surface area contributed by atoms with E-state index >= 15 is 0 Å². The second kappa shape index (κ2) is 6.65. The first-order valence-corrected chi connectivity index (χ1v) is 5.78. The Morgan fingerprint density at radius 2 is 1.89 bits per heavy atom. The van der Waals surface area contributed by atoms with Crippen LogP contribution in [-0.4, -0.2) is 35.4 Å². The highest BCUT2D eigenvalue weighted by atomic mass is 16.4. The summed E-state index contributed by atoms with van der Waals surface area (Å²) in [5.41, 5.74) is 0.840. The van der Waals surface area contributed by atoms with Gasteiger partial charge in [-0.3, -0.25) is 19.7 Å². The van der Waals surface area contributed by atoms with Crippen molar-refractivity contribution in [1.29, 1.82) is 0 Å². The molecule has 1 amide bonds. The normalized spacial score (nSPS) is 11.7. The van der Waals surface area contributed by atoms with E-state index in [4.69, 9.17) is 5.11 Å². The number of ketones is 1. The average Bonchev–Trinajstić information content (AvgIpc) is 2.36. The molecule has 1 rings (SSSR count). The Labute approximate surface area is 110 Å². The van der Waals surface area contributed by atoms with Crippen molar-refractivity contribution in [1.82, 2.24) is 5.32 Å². The van der Waals surface area contributed by atoms with Crippen molar-refractivity contribution < 1.29 is 19.5 Å². The summed E-state index contributed by atoms with van der Waals surface area (Å²) in [6, 6.07) is 5.83. The van der Waals surface area contributed by atoms with E-state index in [1.807, 2.05) is 0 Å². The quantitative estimate of drug-likeness (QED) is 0.663. The lowest BCUT2D eigenvalue weighted by Crippen LogP contribution is -2.39. The fourth-order valence-corrected chi connectivity index (χ4v) is 1.43. The lowest BCUT2D eigenvalue weighted by molar-refractivity contribution is -0.139. The second-order valence-electron chi connectivity index (χ2n) is 4.09. The van der Waals surface area contributed by atoms with Gasteiger partial charge in [0.05, 0.1) is 12.2 Å². The van der Waals surface area contributed by atoms with Crippen LogP contribution in [0.3, 0.4) is 0 Å². The van der Waals surface area contributed by atoms with Crippen LogP contribution in [-0.2, 0) is 9.59 Å². The molecule has 6 heteroatoms. The van der Waals surface area contributed by atoms with Crippen molar-refractivity contribution in [2.45, 2.75) is 19.9 Å². The molecule has 0 bridgehead atoms. The second-order valence-corrected chi connectivity index (χ2v) is 4.09. The summed E-state index contributed by atoms with van der Waals surface area (Å²) < 4.78 is 0. The molecule has 19 heavy (non-hydrogen) atoms. The molecule has 0 aliphatic rings. The number of carbonyl (C=O) groups is 3.